The second-order valence-corrected chi connectivity index (χ2v) is 3.88. The Morgan fingerprint density at radius 3 is 3.00 bits per heavy atom. The topological polar surface area (TPSA) is 48.0 Å². The SMILES string of the molecule is CCCc1nccn1-c1ccn2nccc2n1. The van der Waals surface area contributed by atoms with Gasteiger partial charge in [-0.25, -0.2) is 14.5 Å². The van der Waals surface area contributed by atoms with Crippen molar-refractivity contribution in [3.8, 4) is 5.82 Å². The minimum atomic E-state index is 0.846. The largest absolute Gasteiger partial charge is 0.288 e. The van der Waals surface area contributed by atoms with E-state index in [-0.39, 0.29) is 0 Å². The number of aryl methyl sites for hydroxylation is 1. The lowest BCUT2D eigenvalue weighted by Gasteiger charge is -2.06. The highest BCUT2D eigenvalue weighted by Crippen LogP contribution is 2.10. The summed E-state index contributed by atoms with van der Waals surface area (Å²) in [4.78, 5) is 8.89. The lowest BCUT2D eigenvalue weighted by Crippen LogP contribution is -2.03. The second kappa shape index (κ2) is 4.01. The highest BCUT2D eigenvalue weighted by molar-refractivity contribution is 5.40. The molecular weight excluding hydrogens is 214 g/mol. The fourth-order valence-corrected chi connectivity index (χ4v) is 1.89. The molecule has 0 aromatic carbocycles. The quantitative estimate of drug-likeness (QED) is 0.686. The van der Waals surface area contributed by atoms with Crippen LogP contribution in [0.2, 0.25) is 0 Å². The molecule has 0 amide bonds. The average Bonchev–Trinajstić information content (AvgIpc) is 2.96. The molecule has 0 atom stereocenters. The molecule has 86 valence electrons. The summed E-state index contributed by atoms with van der Waals surface area (Å²) in [6.07, 6.45) is 9.44. The third-order valence-electron chi connectivity index (χ3n) is 2.68. The zero-order valence-electron chi connectivity index (χ0n) is 9.61. The summed E-state index contributed by atoms with van der Waals surface area (Å²) in [7, 11) is 0. The van der Waals surface area contributed by atoms with Gasteiger partial charge in [0.2, 0.25) is 0 Å². The van der Waals surface area contributed by atoms with E-state index in [2.05, 4.69) is 22.0 Å². The van der Waals surface area contributed by atoms with Gasteiger partial charge in [0, 0.05) is 31.1 Å². The molecule has 0 fully saturated rings. The smallest absolute Gasteiger partial charge is 0.157 e. The van der Waals surface area contributed by atoms with Gasteiger partial charge >= 0.3 is 0 Å². The van der Waals surface area contributed by atoms with E-state index in [0.29, 0.717) is 0 Å². The first-order valence-electron chi connectivity index (χ1n) is 5.71. The molecule has 3 heterocycles. The van der Waals surface area contributed by atoms with Gasteiger partial charge in [0.15, 0.2) is 5.65 Å². The molecule has 0 aliphatic rings. The molecule has 0 saturated carbocycles. The molecule has 0 radical (unpaired) electrons. The summed E-state index contributed by atoms with van der Waals surface area (Å²) in [5, 5.41) is 4.13. The van der Waals surface area contributed by atoms with Crippen molar-refractivity contribution in [1.29, 1.82) is 0 Å². The maximum atomic E-state index is 4.54. The van der Waals surface area contributed by atoms with Crippen LogP contribution in [0.15, 0.2) is 36.9 Å². The van der Waals surface area contributed by atoms with Gasteiger partial charge in [-0.3, -0.25) is 4.57 Å². The van der Waals surface area contributed by atoms with Crippen molar-refractivity contribution in [2.45, 2.75) is 19.8 Å². The molecule has 3 rings (SSSR count). The number of imidazole rings is 1. The van der Waals surface area contributed by atoms with E-state index in [1.54, 1.807) is 10.7 Å². The molecule has 3 aromatic rings. The summed E-state index contributed by atoms with van der Waals surface area (Å²) >= 11 is 0. The third-order valence-corrected chi connectivity index (χ3v) is 2.68. The molecular formula is C12H13N5. The van der Waals surface area contributed by atoms with E-state index in [1.165, 1.54) is 0 Å². The highest BCUT2D eigenvalue weighted by Gasteiger charge is 2.06. The number of hydrogen-bond donors (Lipinski definition) is 0. The predicted octanol–water partition coefficient (Wildman–Crippen LogP) is 1.87. The van der Waals surface area contributed by atoms with Crippen molar-refractivity contribution < 1.29 is 0 Å². The molecule has 5 nitrogen and oxygen atoms in total. The van der Waals surface area contributed by atoms with E-state index in [0.717, 1.165) is 30.1 Å². The standard InChI is InChI=1S/C12H13N5/c1-2-3-10-13-7-9-16(10)11-5-8-17-12(15-11)4-6-14-17/h4-9H,2-3H2,1H3. The van der Waals surface area contributed by atoms with Crippen molar-refractivity contribution in [3.05, 3.63) is 42.7 Å². The summed E-state index contributed by atoms with van der Waals surface area (Å²) in [6.45, 7) is 2.15. The Bertz CT molecular complexity index is 637. The van der Waals surface area contributed by atoms with Gasteiger partial charge in [0.05, 0.1) is 6.20 Å². The van der Waals surface area contributed by atoms with Gasteiger partial charge in [-0.15, -0.1) is 0 Å². The van der Waals surface area contributed by atoms with Crippen LogP contribution in [0, 0.1) is 0 Å². The monoisotopic (exact) mass is 227 g/mol. The van der Waals surface area contributed by atoms with E-state index >= 15 is 0 Å². The molecule has 0 saturated heterocycles. The molecule has 0 unspecified atom stereocenters. The van der Waals surface area contributed by atoms with E-state index in [1.807, 2.05) is 35.3 Å². The molecule has 0 N–H and O–H groups in total. The van der Waals surface area contributed by atoms with Crippen LogP contribution < -0.4 is 0 Å². The molecule has 0 bridgehead atoms. The van der Waals surface area contributed by atoms with Crippen molar-refractivity contribution in [3.63, 3.8) is 0 Å². The minimum Gasteiger partial charge on any atom is -0.288 e. The number of rotatable bonds is 3. The first kappa shape index (κ1) is 10.0. The maximum Gasteiger partial charge on any atom is 0.157 e. The van der Waals surface area contributed by atoms with Crippen molar-refractivity contribution in [2.24, 2.45) is 0 Å². The van der Waals surface area contributed by atoms with E-state index in [4.69, 9.17) is 0 Å². The van der Waals surface area contributed by atoms with Crippen LogP contribution in [0.5, 0.6) is 0 Å². The molecule has 17 heavy (non-hydrogen) atoms. The Morgan fingerprint density at radius 1 is 1.18 bits per heavy atom. The highest BCUT2D eigenvalue weighted by atomic mass is 15.3. The van der Waals surface area contributed by atoms with Gasteiger partial charge in [0.25, 0.3) is 0 Å². The molecule has 0 aliphatic heterocycles. The second-order valence-electron chi connectivity index (χ2n) is 3.88. The normalized spacial score (nSPS) is 11.1. The predicted molar refractivity (Wildman–Crippen MR) is 64.1 cm³/mol. The van der Waals surface area contributed by atoms with Gasteiger partial charge < -0.3 is 0 Å². The summed E-state index contributed by atoms with van der Waals surface area (Å²) in [5.74, 6) is 1.93. The maximum absolute atomic E-state index is 4.54. The van der Waals surface area contributed by atoms with Crippen LogP contribution in [0.25, 0.3) is 11.5 Å². The Morgan fingerprint density at radius 2 is 2.12 bits per heavy atom. The number of aromatic nitrogens is 5. The van der Waals surface area contributed by atoms with Crippen molar-refractivity contribution >= 4 is 5.65 Å². The van der Waals surface area contributed by atoms with Crippen molar-refractivity contribution in [1.82, 2.24) is 24.1 Å². The van der Waals surface area contributed by atoms with Crippen LogP contribution in [-0.2, 0) is 6.42 Å². The van der Waals surface area contributed by atoms with Gasteiger partial charge in [-0.05, 0) is 12.5 Å². The number of nitrogens with zero attached hydrogens (tertiary/aromatic N) is 5. The molecule has 3 aromatic heterocycles. The van der Waals surface area contributed by atoms with Crippen LogP contribution in [0.3, 0.4) is 0 Å². The Hall–Kier alpha value is -2.17. The van der Waals surface area contributed by atoms with Crippen LogP contribution >= 0.6 is 0 Å². The fourth-order valence-electron chi connectivity index (χ4n) is 1.89. The first-order valence-corrected chi connectivity index (χ1v) is 5.71. The van der Waals surface area contributed by atoms with Gasteiger partial charge in [-0.2, -0.15) is 5.10 Å². The minimum absolute atomic E-state index is 0.846. The van der Waals surface area contributed by atoms with Crippen molar-refractivity contribution in [2.75, 3.05) is 0 Å². The Balaban J connectivity index is 2.09. The molecule has 0 aliphatic carbocycles. The lowest BCUT2D eigenvalue weighted by atomic mass is 10.3. The van der Waals surface area contributed by atoms with Gasteiger partial charge in [-0.1, -0.05) is 6.92 Å². The third kappa shape index (κ3) is 1.69. The number of fused-ring (bicyclic) bond motifs is 1. The Kier molecular flexibility index (Phi) is 2.36. The summed E-state index contributed by atoms with van der Waals surface area (Å²) in [5.41, 5.74) is 0.846. The molecule has 5 heteroatoms. The first-order chi connectivity index (χ1) is 8.38. The number of hydrogen-bond acceptors (Lipinski definition) is 3. The Labute approximate surface area is 98.7 Å². The average molecular weight is 227 g/mol. The van der Waals surface area contributed by atoms with Crippen LogP contribution in [0.1, 0.15) is 19.2 Å². The van der Waals surface area contributed by atoms with Gasteiger partial charge in [0.1, 0.15) is 11.6 Å². The van der Waals surface area contributed by atoms with E-state index < -0.39 is 0 Å². The van der Waals surface area contributed by atoms with Crippen LogP contribution in [-0.4, -0.2) is 24.1 Å². The zero-order chi connectivity index (χ0) is 11.7. The van der Waals surface area contributed by atoms with Crippen LogP contribution in [0.4, 0.5) is 0 Å². The summed E-state index contributed by atoms with van der Waals surface area (Å²) < 4.78 is 3.77. The fraction of sp³-hybridized carbons (Fsp3) is 0.250. The summed E-state index contributed by atoms with van der Waals surface area (Å²) in [6, 6.07) is 3.83. The van der Waals surface area contributed by atoms with E-state index in [9.17, 15) is 0 Å². The zero-order valence-corrected chi connectivity index (χ0v) is 9.61. The molecule has 0 spiro atoms. The lowest BCUT2D eigenvalue weighted by molar-refractivity contribution is 0.794.